The third kappa shape index (κ3) is 4.85. The third-order valence-electron chi connectivity index (χ3n) is 3.99. The average Bonchev–Trinajstić information content (AvgIpc) is 2.47. The van der Waals surface area contributed by atoms with Crippen LogP contribution in [0.4, 0.5) is 0 Å². The van der Waals surface area contributed by atoms with Crippen molar-refractivity contribution in [1.82, 2.24) is 0 Å². The van der Waals surface area contributed by atoms with Crippen molar-refractivity contribution in [3.05, 3.63) is 28.3 Å². The topological polar surface area (TPSA) is 35.5 Å². The van der Waals surface area contributed by atoms with Crippen LogP contribution in [0.2, 0.25) is 13.1 Å². The summed E-state index contributed by atoms with van der Waals surface area (Å²) in [4.78, 5) is 12.4. The molecule has 0 heterocycles. The van der Waals surface area contributed by atoms with Gasteiger partial charge in [0.2, 0.25) is 9.04 Å². The average molecular weight is 351 g/mol. The Bertz CT molecular complexity index is 571. The number of ether oxygens (including phenoxy) is 1. The molecule has 0 fully saturated rings. The first kappa shape index (κ1) is 20.8. The number of aryl methyl sites for hydroxylation is 1. The molecule has 4 heteroatoms. The first-order valence-corrected chi connectivity index (χ1v) is 11.9. The molecule has 0 aliphatic rings. The molecular weight excluding hydrogens is 316 g/mol. The quantitative estimate of drug-likeness (QED) is 0.510. The SMILES string of the molecule is CCCc1cc(C(=O)OC)c(O[SiH](C)C)c(CCC)c1C(C)(C)C. The van der Waals surface area contributed by atoms with Crippen molar-refractivity contribution in [2.75, 3.05) is 7.11 Å². The smallest absolute Gasteiger partial charge is 0.341 e. The van der Waals surface area contributed by atoms with E-state index >= 15 is 0 Å². The van der Waals surface area contributed by atoms with Crippen LogP contribution in [0.5, 0.6) is 5.75 Å². The van der Waals surface area contributed by atoms with Crippen LogP contribution in [-0.4, -0.2) is 22.1 Å². The van der Waals surface area contributed by atoms with E-state index in [1.54, 1.807) is 0 Å². The van der Waals surface area contributed by atoms with E-state index in [9.17, 15) is 4.79 Å². The number of methoxy groups -OCH3 is 1. The Morgan fingerprint density at radius 1 is 1.12 bits per heavy atom. The maximum absolute atomic E-state index is 12.4. The summed E-state index contributed by atoms with van der Waals surface area (Å²) in [5.41, 5.74) is 4.42. The van der Waals surface area contributed by atoms with Crippen LogP contribution in [-0.2, 0) is 23.0 Å². The molecule has 3 nitrogen and oxygen atoms in total. The molecule has 0 atom stereocenters. The van der Waals surface area contributed by atoms with E-state index in [0.29, 0.717) is 5.56 Å². The van der Waals surface area contributed by atoms with Crippen LogP contribution in [0, 0.1) is 0 Å². The molecule has 0 spiro atoms. The molecule has 0 bridgehead atoms. The van der Waals surface area contributed by atoms with Crippen LogP contribution in [0.3, 0.4) is 0 Å². The molecule has 1 aromatic carbocycles. The zero-order valence-electron chi connectivity index (χ0n) is 16.7. The minimum atomic E-state index is -1.34. The van der Waals surface area contributed by atoms with Gasteiger partial charge in [0.1, 0.15) is 11.3 Å². The van der Waals surface area contributed by atoms with Crippen LogP contribution < -0.4 is 4.43 Å². The Labute approximate surface area is 149 Å². The van der Waals surface area contributed by atoms with Gasteiger partial charge in [-0.1, -0.05) is 47.5 Å². The van der Waals surface area contributed by atoms with E-state index < -0.39 is 9.04 Å². The van der Waals surface area contributed by atoms with Crippen LogP contribution in [0.25, 0.3) is 0 Å². The van der Waals surface area contributed by atoms with E-state index in [2.05, 4.69) is 47.7 Å². The lowest BCUT2D eigenvalue weighted by Gasteiger charge is -2.30. The number of esters is 1. The van der Waals surface area contributed by atoms with Gasteiger partial charge in [-0.25, -0.2) is 4.79 Å². The van der Waals surface area contributed by atoms with Gasteiger partial charge < -0.3 is 9.16 Å². The molecule has 1 rings (SSSR count). The molecule has 0 aliphatic carbocycles. The molecule has 0 aliphatic heterocycles. The lowest BCUT2D eigenvalue weighted by atomic mass is 9.77. The summed E-state index contributed by atoms with van der Waals surface area (Å²) in [6.07, 6.45) is 3.96. The first-order valence-electron chi connectivity index (χ1n) is 9.11. The predicted octanol–water partition coefficient (Wildman–Crippen LogP) is 5.04. The highest BCUT2D eigenvalue weighted by Gasteiger charge is 2.29. The van der Waals surface area contributed by atoms with Crippen molar-refractivity contribution in [2.24, 2.45) is 0 Å². The van der Waals surface area contributed by atoms with Crippen molar-refractivity contribution >= 4 is 15.0 Å². The first-order chi connectivity index (χ1) is 11.2. The number of hydrogen-bond acceptors (Lipinski definition) is 3. The Hall–Kier alpha value is -1.29. The monoisotopic (exact) mass is 350 g/mol. The summed E-state index contributed by atoms with van der Waals surface area (Å²) in [7, 11) is 0.0952. The summed E-state index contributed by atoms with van der Waals surface area (Å²) in [5, 5.41) is 0. The van der Waals surface area contributed by atoms with Gasteiger partial charge in [0.25, 0.3) is 0 Å². The van der Waals surface area contributed by atoms with Crippen LogP contribution in [0.1, 0.15) is 74.5 Å². The van der Waals surface area contributed by atoms with Gasteiger partial charge in [-0.15, -0.1) is 0 Å². The number of carbonyl (C=O) groups is 1. The highest BCUT2D eigenvalue weighted by molar-refractivity contribution is 6.49. The summed E-state index contributed by atoms with van der Waals surface area (Å²) in [5.74, 6) is 0.477. The van der Waals surface area contributed by atoms with Crippen molar-refractivity contribution in [1.29, 1.82) is 0 Å². The molecular formula is C20H34O3Si. The second-order valence-electron chi connectivity index (χ2n) is 7.67. The second-order valence-corrected chi connectivity index (χ2v) is 10.0. The second kappa shape index (κ2) is 8.70. The largest absolute Gasteiger partial charge is 0.546 e. The summed E-state index contributed by atoms with van der Waals surface area (Å²) in [6.45, 7) is 15.3. The lowest BCUT2D eigenvalue weighted by molar-refractivity contribution is 0.0598. The fourth-order valence-electron chi connectivity index (χ4n) is 3.30. The molecule has 0 saturated carbocycles. The van der Waals surface area contributed by atoms with E-state index in [0.717, 1.165) is 31.4 Å². The normalized spacial score (nSPS) is 11.7. The highest BCUT2D eigenvalue weighted by Crippen LogP contribution is 2.39. The van der Waals surface area contributed by atoms with Gasteiger partial charge in [-0.2, -0.15) is 0 Å². The molecule has 0 saturated heterocycles. The van der Waals surface area contributed by atoms with Gasteiger partial charge in [-0.3, -0.25) is 0 Å². The molecule has 24 heavy (non-hydrogen) atoms. The van der Waals surface area contributed by atoms with Gasteiger partial charge in [0, 0.05) is 0 Å². The number of hydrogen-bond donors (Lipinski definition) is 0. The van der Waals surface area contributed by atoms with Gasteiger partial charge in [0.15, 0.2) is 0 Å². The zero-order chi connectivity index (χ0) is 18.5. The van der Waals surface area contributed by atoms with Gasteiger partial charge in [-0.05, 0) is 54.1 Å². The van der Waals surface area contributed by atoms with E-state index in [-0.39, 0.29) is 11.4 Å². The Morgan fingerprint density at radius 2 is 1.71 bits per heavy atom. The maximum atomic E-state index is 12.4. The van der Waals surface area contributed by atoms with E-state index in [1.807, 2.05) is 6.07 Å². The summed E-state index contributed by atoms with van der Waals surface area (Å²) in [6, 6.07) is 2.02. The fraction of sp³-hybridized carbons (Fsp3) is 0.650. The third-order valence-corrected chi connectivity index (χ3v) is 4.70. The summed E-state index contributed by atoms with van der Waals surface area (Å²) >= 11 is 0. The lowest BCUT2D eigenvalue weighted by Crippen LogP contribution is -2.23. The minimum absolute atomic E-state index is 0.0142. The van der Waals surface area contributed by atoms with E-state index in [1.165, 1.54) is 23.8 Å². The maximum Gasteiger partial charge on any atom is 0.341 e. The van der Waals surface area contributed by atoms with Crippen molar-refractivity contribution in [3.8, 4) is 5.75 Å². The Balaban J connectivity index is 3.82. The predicted molar refractivity (Wildman–Crippen MR) is 104 cm³/mol. The Kier molecular flexibility index (Phi) is 7.52. The van der Waals surface area contributed by atoms with Gasteiger partial charge >= 0.3 is 5.97 Å². The number of carbonyl (C=O) groups excluding carboxylic acids is 1. The fourth-order valence-corrected chi connectivity index (χ4v) is 4.04. The van der Waals surface area contributed by atoms with Crippen LogP contribution in [0.15, 0.2) is 6.07 Å². The van der Waals surface area contributed by atoms with Crippen molar-refractivity contribution in [2.45, 2.75) is 78.8 Å². The number of rotatable bonds is 7. The van der Waals surface area contributed by atoms with Gasteiger partial charge in [0.05, 0.1) is 7.11 Å². The molecule has 0 N–H and O–H groups in total. The number of benzene rings is 1. The van der Waals surface area contributed by atoms with Crippen molar-refractivity contribution in [3.63, 3.8) is 0 Å². The highest BCUT2D eigenvalue weighted by atomic mass is 28.3. The van der Waals surface area contributed by atoms with Crippen molar-refractivity contribution < 1.29 is 14.0 Å². The molecule has 0 aromatic heterocycles. The Morgan fingerprint density at radius 3 is 2.12 bits per heavy atom. The molecule has 0 amide bonds. The molecule has 0 radical (unpaired) electrons. The summed E-state index contributed by atoms with van der Waals surface area (Å²) < 4.78 is 11.3. The minimum Gasteiger partial charge on any atom is -0.546 e. The molecule has 0 unspecified atom stereocenters. The molecule has 1 aromatic rings. The molecule has 136 valence electrons. The zero-order valence-corrected chi connectivity index (χ0v) is 17.9. The van der Waals surface area contributed by atoms with Crippen LogP contribution >= 0.6 is 0 Å². The standard InChI is InChI=1S/C20H34O3Si/c1-9-11-14-13-16(19(21)22-6)18(23-24(7)8)15(12-10-2)17(14)20(3,4)5/h13,24H,9-12H2,1-8H3. The van der Waals surface area contributed by atoms with E-state index in [4.69, 9.17) is 9.16 Å².